The second-order valence-corrected chi connectivity index (χ2v) is 7.28. The van der Waals surface area contributed by atoms with E-state index < -0.39 is 0 Å². The fourth-order valence-corrected chi connectivity index (χ4v) is 3.73. The van der Waals surface area contributed by atoms with Gasteiger partial charge in [-0.2, -0.15) is 0 Å². The fraction of sp³-hybridized carbons (Fsp3) is 0.333. The van der Waals surface area contributed by atoms with Gasteiger partial charge in [0.15, 0.2) is 0 Å². The van der Waals surface area contributed by atoms with E-state index in [0.717, 1.165) is 25.2 Å². The lowest BCUT2D eigenvalue weighted by molar-refractivity contribution is 0.638. The Morgan fingerprint density at radius 3 is 2.58 bits per heavy atom. The molecule has 0 aliphatic heterocycles. The van der Waals surface area contributed by atoms with Gasteiger partial charge in [-0.25, -0.2) is 0 Å². The number of rotatable bonds is 7. The van der Waals surface area contributed by atoms with Crippen molar-refractivity contribution in [3.63, 3.8) is 0 Å². The predicted molar refractivity (Wildman–Crippen MR) is 116 cm³/mol. The summed E-state index contributed by atoms with van der Waals surface area (Å²) < 4.78 is 2.35. The molecule has 0 spiro atoms. The smallest absolute Gasteiger partial charge is 0.0493 e. The first-order valence-electron chi connectivity index (χ1n) is 8.83. The Labute approximate surface area is 171 Å². The lowest BCUT2D eigenvalue weighted by Gasteiger charge is -2.11. The maximum Gasteiger partial charge on any atom is 0.0493 e. The van der Waals surface area contributed by atoms with Crippen molar-refractivity contribution < 1.29 is 0 Å². The Bertz CT molecular complexity index is 871. The van der Waals surface area contributed by atoms with Gasteiger partial charge in [-0.15, -0.1) is 12.4 Å². The molecule has 2 nitrogen and oxygen atoms in total. The summed E-state index contributed by atoms with van der Waals surface area (Å²) in [5.74, 6) is 0. The normalized spacial score (nSPS) is 10.9. The molecular formula is C21H25Cl3N2. The van der Waals surface area contributed by atoms with Gasteiger partial charge in [-0.1, -0.05) is 60.8 Å². The third-order valence-corrected chi connectivity index (χ3v) is 5.30. The molecule has 0 aliphatic carbocycles. The molecule has 140 valence electrons. The second kappa shape index (κ2) is 9.66. The molecule has 1 aromatic heterocycles. The van der Waals surface area contributed by atoms with Crippen LogP contribution in [0.1, 0.15) is 36.6 Å². The number of unbranched alkanes of at least 4 members (excludes halogenated alkanes) is 1. The van der Waals surface area contributed by atoms with Crippen LogP contribution >= 0.6 is 35.6 Å². The van der Waals surface area contributed by atoms with Gasteiger partial charge in [-0.05, 0) is 49.2 Å². The summed E-state index contributed by atoms with van der Waals surface area (Å²) >= 11 is 12.4. The number of benzene rings is 2. The minimum atomic E-state index is 0. The summed E-state index contributed by atoms with van der Waals surface area (Å²) in [6, 6.07) is 14.3. The van der Waals surface area contributed by atoms with Crippen LogP contribution in [0.3, 0.4) is 0 Å². The molecular weight excluding hydrogens is 387 g/mol. The predicted octanol–water partition coefficient (Wildman–Crippen LogP) is 6.62. The Balaban J connectivity index is 0.00000243. The summed E-state index contributed by atoms with van der Waals surface area (Å²) in [5.41, 5.74) is 4.99. The molecule has 26 heavy (non-hydrogen) atoms. The zero-order valence-electron chi connectivity index (χ0n) is 15.2. The first-order chi connectivity index (χ1) is 12.1. The molecule has 0 amide bonds. The zero-order valence-corrected chi connectivity index (χ0v) is 17.5. The Morgan fingerprint density at radius 2 is 1.85 bits per heavy atom. The van der Waals surface area contributed by atoms with E-state index in [4.69, 9.17) is 23.2 Å². The number of nitrogens with one attached hydrogen (secondary N) is 1. The van der Waals surface area contributed by atoms with E-state index in [1.165, 1.54) is 35.0 Å². The van der Waals surface area contributed by atoms with Gasteiger partial charge < -0.3 is 9.88 Å². The number of hydrogen-bond acceptors (Lipinski definition) is 1. The Kier molecular flexibility index (Phi) is 7.85. The number of halogens is 3. The highest BCUT2D eigenvalue weighted by Crippen LogP contribution is 2.29. The van der Waals surface area contributed by atoms with Crippen molar-refractivity contribution in [1.82, 2.24) is 9.88 Å². The van der Waals surface area contributed by atoms with E-state index in [2.05, 4.69) is 48.0 Å². The Morgan fingerprint density at radius 1 is 1.08 bits per heavy atom. The van der Waals surface area contributed by atoms with Crippen LogP contribution in [0.15, 0.2) is 42.5 Å². The molecule has 3 rings (SSSR count). The van der Waals surface area contributed by atoms with E-state index >= 15 is 0 Å². The average molecular weight is 412 g/mol. The first kappa shape index (κ1) is 21.1. The van der Waals surface area contributed by atoms with E-state index in [1.54, 1.807) is 0 Å². The quantitative estimate of drug-likeness (QED) is 0.432. The second-order valence-electron chi connectivity index (χ2n) is 6.43. The van der Waals surface area contributed by atoms with Gasteiger partial charge in [0, 0.05) is 39.7 Å². The van der Waals surface area contributed by atoms with Gasteiger partial charge in [-0.3, -0.25) is 0 Å². The van der Waals surface area contributed by atoms with E-state index in [0.29, 0.717) is 10.0 Å². The van der Waals surface area contributed by atoms with Crippen LogP contribution in [0.2, 0.25) is 10.0 Å². The molecule has 0 radical (unpaired) electrons. The minimum Gasteiger partial charge on any atom is -0.340 e. The van der Waals surface area contributed by atoms with Crippen molar-refractivity contribution in [3.05, 3.63) is 69.3 Å². The van der Waals surface area contributed by atoms with Crippen molar-refractivity contribution in [2.24, 2.45) is 0 Å². The highest BCUT2D eigenvalue weighted by Gasteiger charge is 2.14. The van der Waals surface area contributed by atoms with Crippen molar-refractivity contribution in [2.75, 3.05) is 6.54 Å². The van der Waals surface area contributed by atoms with Gasteiger partial charge in [0.1, 0.15) is 0 Å². The molecule has 0 saturated carbocycles. The summed E-state index contributed by atoms with van der Waals surface area (Å²) in [7, 11) is 0. The molecule has 5 heteroatoms. The molecule has 0 unspecified atom stereocenters. The Hall–Kier alpha value is -1.19. The summed E-state index contributed by atoms with van der Waals surface area (Å²) in [5, 5.41) is 6.27. The number of hydrogen-bond donors (Lipinski definition) is 1. The fourth-order valence-electron chi connectivity index (χ4n) is 3.26. The summed E-state index contributed by atoms with van der Waals surface area (Å²) in [6.45, 7) is 7.11. The lowest BCUT2D eigenvalue weighted by atomic mass is 10.1. The van der Waals surface area contributed by atoms with Gasteiger partial charge in [0.05, 0.1) is 0 Å². The molecule has 2 aromatic carbocycles. The third kappa shape index (κ3) is 4.55. The largest absolute Gasteiger partial charge is 0.340 e. The molecule has 0 bridgehead atoms. The van der Waals surface area contributed by atoms with Crippen LogP contribution in [-0.4, -0.2) is 11.1 Å². The standard InChI is InChI=1S/C21H24Cl2N2.ClH/c1-3-4-11-24-13-19-15(2)25(21-8-6-5-7-18(19)21)14-16-9-10-17(22)12-20(16)23;/h5-10,12,24H,3-4,11,13-14H2,1-2H3;1H. The van der Waals surface area contributed by atoms with Crippen molar-refractivity contribution in [3.8, 4) is 0 Å². The van der Waals surface area contributed by atoms with Crippen molar-refractivity contribution >= 4 is 46.5 Å². The molecule has 1 heterocycles. The zero-order chi connectivity index (χ0) is 17.8. The first-order valence-corrected chi connectivity index (χ1v) is 9.58. The monoisotopic (exact) mass is 410 g/mol. The van der Waals surface area contributed by atoms with Crippen LogP contribution in [0.5, 0.6) is 0 Å². The van der Waals surface area contributed by atoms with Gasteiger partial charge in [0.25, 0.3) is 0 Å². The van der Waals surface area contributed by atoms with Crippen LogP contribution in [-0.2, 0) is 13.1 Å². The van der Waals surface area contributed by atoms with Crippen molar-refractivity contribution in [1.29, 1.82) is 0 Å². The van der Waals surface area contributed by atoms with E-state index in [-0.39, 0.29) is 12.4 Å². The van der Waals surface area contributed by atoms with Crippen LogP contribution in [0.25, 0.3) is 10.9 Å². The lowest BCUT2D eigenvalue weighted by Crippen LogP contribution is -2.15. The number of para-hydroxylation sites is 1. The van der Waals surface area contributed by atoms with E-state index in [9.17, 15) is 0 Å². The van der Waals surface area contributed by atoms with Gasteiger partial charge >= 0.3 is 0 Å². The number of fused-ring (bicyclic) bond motifs is 1. The minimum absolute atomic E-state index is 0. The SMILES string of the molecule is CCCCNCc1c(C)n(Cc2ccc(Cl)cc2Cl)c2ccccc12.Cl. The molecule has 0 fully saturated rings. The maximum absolute atomic E-state index is 6.40. The summed E-state index contributed by atoms with van der Waals surface area (Å²) in [4.78, 5) is 0. The summed E-state index contributed by atoms with van der Waals surface area (Å²) in [6.07, 6.45) is 2.42. The van der Waals surface area contributed by atoms with Crippen molar-refractivity contribution in [2.45, 2.75) is 39.8 Å². The molecule has 0 saturated heterocycles. The number of nitrogens with zero attached hydrogens (tertiary/aromatic N) is 1. The van der Waals surface area contributed by atoms with Crippen LogP contribution in [0.4, 0.5) is 0 Å². The topological polar surface area (TPSA) is 17.0 Å². The third-order valence-electron chi connectivity index (χ3n) is 4.71. The highest BCUT2D eigenvalue weighted by molar-refractivity contribution is 6.35. The molecule has 3 aromatic rings. The molecule has 1 N–H and O–H groups in total. The van der Waals surface area contributed by atoms with E-state index in [1.807, 2.05) is 18.2 Å². The highest BCUT2D eigenvalue weighted by atomic mass is 35.5. The number of aromatic nitrogens is 1. The van der Waals surface area contributed by atoms with Crippen LogP contribution in [0, 0.1) is 6.92 Å². The molecule has 0 aliphatic rings. The molecule has 0 atom stereocenters. The average Bonchev–Trinajstić information content (AvgIpc) is 2.86. The van der Waals surface area contributed by atoms with Crippen LogP contribution < -0.4 is 5.32 Å². The maximum atomic E-state index is 6.40. The van der Waals surface area contributed by atoms with Gasteiger partial charge in [0.2, 0.25) is 0 Å².